The van der Waals surface area contributed by atoms with E-state index >= 15 is 0 Å². The van der Waals surface area contributed by atoms with Crippen LogP contribution in [-0.4, -0.2) is 42.2 Å². The van der Waals surface area contributed by atoms with Crippen molar-refractivity contribution in [3.8, 4) is 0 Å². The van der Waals surface area contributed by atoms with Crippen molar-refractivity contribution in [3.05, 3.63) is 23.5 Å². The summed E-state index contributed by atoms with van der Waals surface area (Å²) in [5.74, 6) is -1.93. The highest BCUT2D eigenvalue weighted by Gasteiger charge is 2.22. The summed E-state index contributed by atoms with van der Waals surface area (Å²) in [5.41, 5.74) is 5.34. The molecule has 104 valence electrons. The molecule has 0 aliphatic carbocycles. The van der Waals surface area contributed by atoms with Gasteiger partial charge in [0.05, 0.1) is 11.4 Å². The Morgan fingerprint density at radius 1 is 1.63 bits per heavy atom. The molecule has 1 aromatic rings. The Morgan fingerprint density at radius 3 is 2.95 bits per heavy atom. The van der Waals surface area contributed by atoms with E-state index in [9.17, 15) is 9.18 Å². The van der Waals surface area contributed by atoms with E-state index in [1.54, 1.807) is 0 Å². The third kappa shape index (κ3) is 2.78. The van der Waals surface area contributed by atoms with Gasteiger partial charge in [-0.1, -0.05) is 0 Å². The Kier molecular flexibility index (Phi) is 3.90. The van der Waals surface area contributed by atoms with Crippen LogP contribution in [0.1, 0.15) is 23.2 Å². The molecule has 1 saturated heterocycles. The second-order valence-corrected chi connectivity index (χ2v) is 4.85. The number of hydrogen-bond donors (Lipinski definition) is 3. The van der Waals surface area contributed by atoms with Crippen molar-refractivity contribution >= 4 is 17.3 Å². The maximum atomic E-state index is 13.3. The van der Waals surface area contributed by atoms with Gasteiger partial charge in [-0.15, -0.1) is 0 Å². The van der Waals surface area contributed by atoms with Crippen molar-refractivity contribution < 1.29 is 14.3 Å². The van der Waals surface area contributed by atoms with Crippen LogP contribution in [0, 0.1) is 5.82 Å². The first-order chi connectivity index (χ1) is 9.00. The predicted molar refractivity (Wildman–Crippen MR) is 71.9 cm³/mol. The summed E-state index contributed by atoms with van der Waals surface area (Å²) in [4.78, 5) is 13.4. The van der Waals surface area contributed by atoms with Gasteiger partial charge in [-0.25, -0.2) is 9.18 Å². The number of anilines is 2. The van der Waals surface area contributed by atoms with E-state index in [-0.39, 0.29) is 11.3 Å². The highest BCUT2D eigenvalue weighted by molar-refractivity contribution is 6.00. The van der Waals surface area contributed by atoms with Crippen LogP contribution in [0.5, 0.6) is 0 Å². The van der Waals surface area contributed by atoms with Gasteiger partial charge >= 0.3 is 5.97 Å². The predicted octanol–water partition coefficient (Wildman–Crippen LogP) is 1.61. The average molecular weight is 267 g/mol. The molecule has 1 heterocycles. The number of benzene rings is 1. The van der Waals surface area contributed by atoms with Gasteiger partial charge in [-0.3, -0.25) is 0 Å². The molecule has 1 unspecified atom stereocenters. The summed E-state index contributed by atoms with van der Waals surface area (Å²) in [6.07, 6.45) is 2.21. The fourth-order valence-corrected chi connectivity index (χ4v) is 2.44. The van der Waals surface area contributed by atoms with Gasteiger partial charge in [-0.05, 0) is 38.6 Å². The lowest BCUT2D eigenvalue weighted by Gasteiger charge is -2.21. The third-order valence-electron chi connectivity index (χ3n) is 3.61. The number of carboxylic acid groups (broad SMARTS) is 1. The summed E-state index contributed by atoms with van der Waals surface area (Å²) in [5, 5.41) is 12.2. The topological polar surface area (TPSA) is 78.6 Å². The van der Waals surface area contributed by atoms with Crippen molar-refractivity contribution in [2.24, 2.45) is 0 Å². The molecule has 0 radical (unpaired) electrons. The number of halogens is 1. The molecule has 1 fully saturated rings. The summed E-state index contributed by atoms with van der Waals surface area (Å²) < 4.78 is 13.3. The lowest BCUT2D eigenvalue weighted by atomic mass is 10.1. The van der Waals surface area contributed by atoms with Crippen molar-refractivity contribution in [1.82, 2.24) is 4.90 Å². The number of nitrogens with two attached hydrogens (primary N) is 1. The number of nitrogens with one attached hydrogen (secondary N) is 1. The van der Waals surface area contributed by atoms with Gasteiger partial charge in [0.2, 0.25) is 0 Å². The standard InChI is InChI=1S/C13H18FN3O2/c1-17-6-2-3-8(17)7-16-10-5-4-9(14)12(15)11(10)13(18)19/h4-5,8,16H,2-3,6-7,15H2,1H3,(H,18,19). The lowest BCUT2D eigenvalue weighted by Crippen LogP contribution is -2.32. The fraction of sp³-hybridized carbons (Fsp3) is 0.462. The quantitative estimate of drug-likeness (QED) is 0.722. The van der Waals surface area contributed by atoms with Crippen LogP contribution in [0.4, 0.5) is 15.8 Å². The maximum Gasteiger partial charge on any atom is 0.340 e. The van der Waals surface area contributed by atoms with Crippen LogP contribution in [0.3, 0.4) is 0 Å². The average Bonchev–Trinajstić information content (AvgIpc) is 2.76. The minimum atomic E-state index is -1.22. The van der Waals surface area contributed by atoms with Gasteiger partial charge in [0.25, 0.3) is 0 Å². The summed E-state index contributed by atoms with van der Waals surface area (Å²) in [6.45, 7) is 1.67. The molecule has 6 heteroatoms. The van der Waals surface area contributed by atoms with E-state index in [2.05, 4.69) is 10.2 Å². The molecule has 1 aliphatic heterocycles. The van der Waals surface area contributed by atoms with E-state index < -0.39 is 11.8 Å². The number of carbonyl (C=O) groups is 1. The number of nitrogens with zero attached hydrogens (tertiary/aromatic N) is 1. The van der Waals surface area contributed by atoms with Gasteiger partial charge in [0.1, 0.15) is 11.4 Å². The molecular formula is C13H18FN3O2. The van der Waals surface area contributed by atoms with Crippen LogP contribution in [0.2, 0.25) is 0 Å². The number of aromatic carboxylic acids is 1. The van der Waals surface area contributed by atoms with Crippen molar-refractivity contribution in [1.29, 1.82) is 0 Å². The molecule has 0 spiro atoms. The van der Waals surface area contributed by atoms with Crippen LogP contribution < -0.4 is 11.1 Å². The molecule has 1 atom stereocenters. The zero-order valence-corrected chi connectivity index (χ0v) is 10.8. The van der Waals surface area contributed by atoms with Gasteiger partial charge < -0.3 is 21.1 Å². The van der Waals surface area contributed by atoms with Gasteiger partial charge in [0, 0.05) is 12.6 Å². The number of nitrogen functional groups attached to an aromatic ring is 1. The number of likely N-dealkylation sites (tertiary alicyclic amines) is 1. The van der Waals surface area contributed by atoms with Crippen LogP contribution >= 0.6 is 0 Å². The van der Waals surface area contributed by atoms with Crippen molar-refractivity contribution in [2.45, 2.75) is 18.9 Å². The molecule has 1 aliphatic rings. The van der Waals surface area contributed by atoms with E-state index in [1.165, 1.54) is 12.1 Å². The Hall–Kier alpha value is -1.82. The van der Waals surface area contributed by atoms with Crippen LogP contribution in [0.25, 0.3) is 0 Å². The number of rotatable bonds is 4. The lowest BCUT2D eigenvalue weighted by molar-refractivity contribution is 0.0698. The van der Waals surface area contributed by atoms with Crippen LogP contribution in [0.15, 0.2) is 12.1 Å². The molecule has 0 saturated carbocycles. The van der Waals surface area contributed by atoms with E-state index in [0.717, 1.165) is 19.4 Å². The minimum Gasteiger partial charge on any atom is -0.478 e. The smallest absolute Gasteiger partial charge is 0.340 e. The van der Waals surface area contributed by atoms with E-state index in [0.29, 0.717) is 18.3 Å². The van der Waals surface area contributed by atoms with Crippen molar-refractivity contribution in [2.75, 3.05) is 31.2 Å². The van der Waals surface area contributed by atoms with E-state index in [4.69, 9.17) is 10.8 Å². The normalized spacial score (nSPS) is 19.6. The van der Waals surface area contributed by atoms with E-state index in [1.807, 2.05) is 7.05 Å². The van der Waals surface area contributed by atoms with Gasteiger partial charge in [-0.2, -0.15) is 0 Å². The maximum absolute atomic E-state index is 13.3. The van der Waals surface area contributed by atoms with Crippen LogP contribution in [-0.2, 0) is 0 Å². The number of likely N-dealkylation sites (N-methyl/N-ethyl adjacent to an activating group) is 1. The second-order valence-electron chi connectivity index (χ2n) is 4.85. The summed E-state index contributed by atoms with van der Waals surface area (Å²) >= 11 is 0. The first-order valence-corrected chi connectivity index (χ1v) is 6.26. The second kappa shape index (κ2) is 5.44. The fourth-order valence-electron chi connectivity index (χ4n) is 2.44. The largest absolute Gasteiger partial charge is 0.478 e. The SMILES string of the molecule is CN1CCCC1CNc1ccc(F)c(N)c1C(=O)O. The highest BCUT2D eigenvalue weighted by Crippen LogP contribution is 2.26. The molecule has 0 aromatic heterocycles. The zero-order valence-electron chi connectivity index (χ0n) is 10.8. The first-order valence-electron chi connectivity index (χ1n) is 6.26. The molecule has 4 N–H and O–H groups in total. The monoisotopic (exact) mass is 267 g/mol. The summed E-state index contributed by atoms with van der Waals surface area (Å²) in [6, 6.07) is 2.97. The highest BCUT2D eigenvalue weighted by atomic mass is 19.1. The zero-order chi connectivity index (χ0) is 14.0. The third-order valence-corrected chi connectivity index (χ3v) is 3.61. The molecule has 0 amide bonds. The summed E-state index contributed by atoms with van der Waals surface area (Å²) in [7, 11) is 2.04. The Labute approximate surface area is 111 Å². The Bertz CT molecular complexity index is 493. The molecule has 5 nitrogen and oxygen atoms in total. The molecule has 0 bridgehead atoms. The number of carboxylic acids is 1. The van der Waals surface area contributed by atoms with Crippen molar-refractivity contribution in [3.63, 3.8) is 0 Å². The molecule has 2 rings (SSSR count). The molecular weight excluding hydrogens is 249 g/mol. The first kappa shape index (κ1) is 13.6. The van der Waals surface area contributed by atoms with Gasteiger partial charge in [0.15, 0.2) is 0 Å². The molecule has 1 aromatic carbocycles. The number of hydrogen-bond acceptors (Lipinski definition) is 4. The minimum absolute atomic E-state index is 0.194. The Balaban J connectivity index is 2.16. The Morgan fingerprint density at radius 2 is 2.37 bits per heavy atom. The molecule has 19 heavy (non-hydrogen) atoms.